The molecule has 0 bridgehead atoms. The van der Waals surface area contributed by atoms with E-state index < -0.39 is 0 Å². The molecule has 1 fully saturated rings. The molecular weight excluding hydrogens is 312 g/mol. The molecule has 0 spiro atoms. The van der Waals surface area contributed by atoms with Crippen molar-refractivity contribution < 1.29 is 9.53 Å². The lowest BCUT2D eigenvalue weighted by molar-refractivity contribution is -0.118. The number of likely N-dealkylation sites (tertiary alicyclic amines) is 1. The van der Waals surface area contributed by atoms with Crippen molar-refractivity contribution in [3.05, 3.63) is 41.6 Å². The van der Waals surface area contributed by atoms with E-state index in [1.54, 1.807) is 6.92 Å². The third-order valence-electron chi connectivity index (χ3n) is 5.37. The van der Waals surface area contributed by atoms with Gasteiger partial charge in [-0.25, -0.2) is 0 Å². The second kappa shape index (κ2) is 8.05. The van der Waals surface area contributed by atoms with E-state index in [2.05, 4.69) is 41.5 Å². The van der Waals surface area contributed by atoms with Gasteiger partial charge in [-0.15, -0.1) is 0 Å². The Kier molecular flexibility index (Phi) is 5.79. The molecule has 3 rings (SSSR count). The summed E-state index contributed by atoms with van der Waals surface area (Å²) < 4.78 is 6.10. The number of carbonyl (C=O) groups excluding carboxylic acids is 1. The van der Waals surface area contributed by atoms with E-state index in [9.17, 15) is 4.79 Å². The summed E-state index contributed by atoms with van der Waals surface area (Å²) in [6.07, 6.45) is 3.31. The van der Waals surface area contributed by atoms with Crippen LogP contribution in [0.25, 0.3) is 0 Å². The number of rotatable bonds is 6. The summed E-state index contributed by atoms with van der Waals surface area (Å²) in [6.45, 7) is 13.2. The smallest absolute Gasteiger partial charge is 0.143 e. The van der Waals surface area contributed by atoms with Crippen LogP contribution in [0, 0.1) is 5.92 Å². The number of ketones is 1. The molecule has 0 N–H and O–H groups in total. The van der Waals surface area contributed by atoms with Crippen LogP contribution in [0.1, 0.15) is 37.8 Å². The fourth-order valence-electron chi connectivity index (χ4n) is 3.79. The minimum Gasteiger partial charge on any atom is -0.493 e. The van der Waals surface area contributed by atoms with Crippen LogP contribution in [0.4, 0.5) is 0 Å². The molecule has 4 heteroatoms. The molecule has 1 aromatic carbocycles. The number of nitrogens with zero attached hydrogens (tertiary/aromatic N) is 2. The van der Waals surface area contributed by atoms with Crippen molar-refractivity contribution in [2.24, 2.45) is 5.92 Å². The fraction of sp³-hybridized carbons (Fsp3) is 0.571. The molecule has 0 unspecified atom stereocenters. The van der Waals surface area contributed by atoms with E-state index in [1.807, 2.05) is 0 Å². The lowest BCUT2D eigenvalue weighted by atomic mass is 9.97. The molecule has 0 radical (unpaired) electrons. The van der Waals surface area contributed by atoms with Crippen LogP contribution in [0.15, 0.2) is 30.5 Å². The summed E-state index contributed by atoms with van der Waals surface area (Å²) in [5.74, 6) is 1.83. The second-order valence-electron chi connectivity index (χ2n) is 7.57. The Bertz CT molecular complexity index is 633. The molecule has 0 amide bonds. The van der Waals surface area contributed by atoms with Gasteiger partial charge in [-0.05, 0) is 75.4 Å². The van der Waals surface area contributed by atoms with Crippen molar-refractivity contribution in [1.82, 2.24) is 9.80 Å². The lowest BCUT2D eigenvalue weighted by Gasteiger charge is -2.32. The maximum atomic E-state index is 11.2. The lowest BCUT2D eigenvalue weighted by Crippen LogP contribution is -2.38. The zero-order chi connectivity index (χ0) is 17.8. The van der Waals surface area contributed by atoms with Crippen molar-refractivity contribution in [3.63, 3.8) is 0 Å². The van der Waals surface area contributed by atoms with Gasteiger partial charge in [0.05, 0.1) is 13.2 Å². The Labute approximate surface area is 151 Å². The zero-order valence-corrected chi connectivity index (χ0v) is 15.6. The van der Waals surface area contributed by atoms with Crippen molar-refractivity contribution in [3.8, 4) is 5.75 Å². The quantitative estimate of drug-likeness (QED) is 0.794. The van der Waals surface area contributed by atoms with E-state index in [4.69, 9.17) is 4.74 Å². The molecule has 1 saturated heterocycles. The Morgan fingerprint density at radius 3 is 2.64 bits per heavy atom. The maximum Gasteiger partial charge on any atom is 0.143 e. The number of Topliss-reactive ketones (excluding diaryl/α,β-unsaturated/α-hetero) is 1. The number of carbonyl (C=O) groups is 1. The number of piperidine rings is 1. The van der Waals surface area contributed by atoms with Gasteiger partial charge in [0.1, 0.15) is 11.5 Å². The molecule has 2 heterocycles. The first-order valence-corrected chi connectivity index (χ1v) is 9.38. The molecule has 1 aromatic rings. The highest BCUT2D eigenvalue weighted by Gasteiger charge is 2.21. The Morgan fingerprint density at radius 1 is 1.20 bits per heavy atom. The number of ether oxygens (including phenoxy) is 1. The van der Waals surface area contributed by atoms with Gasteiger partial charge >= 0.3 is 0 Å². The first-order valence-electron chi connectivity index (χ1n) is 9.38. The summed E-state index contributed by atoms with van der Waals surface area (Å²) in [6, 6.07) is 6.53. The number of fused-ring (bicyclic) bond motifs is 1. The molecule has 4 nitrogen and oxygen atoms in total. The average Bonchev–Trinajstić information content (AvgIpc) is 2.60. The fourth-order valence-corrected chi connectivity index (χ4v) is 3.79. The molecule has 2 aliphatic heterocycles. The van der Waals surface area contributed by atoms with Gasteiger partial charge in [0.25, 0.3) is 0 Å². The first kappa shape index (κ1) is 18.0. The summed E-state index contributed by atoms with van der Waals surface area (Å²) >= 11 is 0. The van der Waals surface area contributed by atoms with Gasteiger partial charge < -0.3 is 9.64 Å². The van der Waals surface area contributed by atoms with Crippen molar-refractivity contribution in [2.45, 2.75) is 39.7 Å². The molecule has 0 atom stereocenters. The van der Waals surface area contributed by atoms with Crippen LogP contribution >= 0.6 is 0 Å². The van der Waals surface area contributed by atoms with Gasteiger partial charge in [-0.3, -0.25) is 9.69 Å². The molecule has 25 heavy (non-hydrogen) atoms. The van der Waals surface area contributed by atoms with Crippen molar-refractivity contribution >= 4 is 5.78 Å². The van der Waals surface area contributed by atoms with Crippen LogP contribution in [0.3, 0.4) is 0 Å². The van der Waals surface area contributed by atoms with E-state index in [-0.39, 0.29) is 5.78 Å². The maximum absolute atomic E-state index is 11.2. The molecule has 2 aliphatic rings. The molecule has 136 valence electrons. The van der Waals surface area contributed by atoms with Crippen LogP contribution in [-0.4, -0.2) is 48.4 Å². The molecular formula is C21H30N2O2. The van der Waals surface area contributed by atoms with Gasteiger partial charge in [0.2, 0.25) is 0 Å². The third kappa shape index (κ3) is 4.85. The Balaban J connectivity index is 1.50. The van der Waals surface area contributed by atoms with Gasteiger partial charge in [-0.2, -0.15) is 0 Å². The monoisotopic (exact) mass is 342 g/mol. The minimum absolute atomic E-state index is 0.257. The normalized spacial score (nSPS) is 18.7. The van der Waals surface area contributed by atoms with Crippen LogP contribution in [-0.2, 0) is 17.8 Å². The Morgan fingerprint density at radius 2 is 1.96 bits per heavy atom. The van der Waals surface area contributed by atoms with Gasteiger partial charge in [0.15, 0.2) is 0 Å². The summed E-state index contributed by atoms with van der Waals surface area (Å²) in [5, 5.41) is 0. The number of benzene rings is 1. The molecule has 0 saturated carbocycles. The number of allylic oxidation sites excluding steroid dienone is 1. The van der Waals surface area contributed by atoms with Crippen LogP contribution in [0.2, 0.25) is 0 Å². The van der Waals surface area contributed by atoms with Crippen molar-refractivity contribution in [1.29, 1.82) is 0 Å². The first-order chi connectivity index (χ1) is 12.0. The highest BCUT2D eigenvalue weighted by Crippen LogP contribution is 2.26. The number of hydrogen-bond acceptors (Lipinski definition) is 4. The van der Waals surface area contributed by atoms with E-state index in [0.717, 1.165) is 63.5 Å². The third-order valence-corrected chi connectivity index (χ3v) is 5.37. The van der Waals surface area contributed by atoms with E-state index >= 15 is 0 Å². The summed E-state index contributed by atoms with van der Waals surface area (Å²) in [7, 11) is 0. The van der Waals surface area contributed by atoms with E-state index in [1.165, 1.54) is 11.1 Å². The highest BCUT2D eigenvalue weighted by molar-refractivity contribution is 5.77. The second-order valence-corrected chi connectivity index (χ2v) is 7.57. The average molecular weight is 342 g/mol. The van der Waals surface area contributed by atoms with Crippen LogP contribution in [0.5, 0.6) is 5.75 Å². The van der Waals surface area contributed by atoms with Gasteiger partial charge in [-0.1, -0.05) is 12.6 Å². The zero-order valence-electron chi connectivity index (χ0n) is 15.6. The highest BCUT2D eigenvalue weighted by atomic mass is 16.5. The van der Waals surface area contributed by atoms with Crippen LogP contribution < -0.4 is 4.74 Å². The van der Waals surface area contributed by atoms with Gasteiger partial charge in [0, 0.05) is 18.8 Å². The predicted octanol–water partition coefficient (Wildman–Crippen LogP) is 3.26. The molecule has 0 aliphatic carbocycles. The number of hydrogen-bond donors (Lipinski definition) is 0. The molecule has 0 aromatic heterocycles. The SMILES string of the molecule is C=C(C)N1CCc2ccc(OCC3CCN(CC(C)=O)CC3)cc2C1. The largest absolute Gasteiger partial charge is 0.493 e. The minimum atomic E-state index is 0.257. The van der Waals surface area contributed by atoms with E-state index in [0.29, 0.717) is 12.5 Å². The Hall–Kier alpha value is -1.81. The predicted molar refractivity (Wildman–Crippen MR) is 101 cm³/mol. The summed E-state index contributed by atoms with van der Waals surface area (Å²) in [4.78, 5) is 15.8. The summed E-state index contributed by atoms with van der Waals surface area (Å²) in [5.41, 5.74) is 3.93. The standard InChI is InChI=1S/C21H30N2O2/c1-16(2)23-11-8-19-4-5-21(12-20(19)14-23)25-15-18-6-9-22(10-7-18)13-17(3)24/h4-5,12,18H,1,6-11,13-15H2,2-3H3. The van der Waals surface area contributed by atoms with Crippen molar-refractivity contribution in [2.75, 3.05) is 32.8 Å². The topological polar surface area (TPSA) is 32.8 Å².